The fourth-order valence-electron chi connectivity index (χ4n) is 9.45. The van der Waals surface area contributed by atoms with Gasteiger partial charge < -0.3 is 20.4 Å². The molecule has 58 heavy (non-hydrogen) atoms. The topological polar surface area (TPSA) is 167 Å². The first-order chi connectivity index (χ1) is 28.0. The summed E-state index contributed by atoms with van der Waals surface area (Å²) in [4.78, 5) is 33.2. The second-order valence-electron chi connectivity index (χ2n) is 16.2. The lowest BCUT2D eigenvalue weighted by Gasteiger charge is -2.50. The third kappa shape index (κ3) is 7.22. The Bertz CT molecular complexity index is 2400. The number of aliphatic hydroxyl groups excluding tert-OH is 2. The fourth-order valence-corrected chi connectivity index (χ4v) is 9.45. The molecule has 5 aromatic rings. The van der Waals surface area contributed by atoms with Crippen molar-refractivity contribution in [2.75, 3.05) is 49.5 Å². The van der Waals surface area contributed by atoms with E-state index in [0.717, 1.165) is 57.2 Å². The SMILES string of the molecule is CC(=O)c1cc2nn(C3CCC(N4CCN(C5CN(c6cc(F)c([C@H]7CC[C@@H](O)N[C@@H]7O)c(F)c6)C5)CC4)CC3)cc2cc1NC(=O)c1ccc2cc(C#N)cnn12. The molecule has 3 saturated heterocycles. The van der Waals surface area contributed by atoms with Gasteiger partial charge in [0.2, 0.25) is 0 Å². The lowest BCUT2D eigenvalue weighted by atomic mass is 9.88. The first-order valence-corrected chi connectivity index (χ1v) is 20.1. The number of aromatic nitrogens is 4. The lowest BCUT2D eigenvalue weighted by molar-refractivity contribution is -0.0116. The Kier molecular flexibility index (Phi) is 10.2. The minimum atomic E-state index is -1.21. The molecule has 4 aliphatic rings. The number of nitriles is 1. The molecule has 1 amide bonds. The Balaban J connectivity index is 0.776. The number of halogens is 2. The van der Waals surface area contributed by atoms with Gasteiger partial charge in [-0.05, 0) is 87.9 Å². The van der Waals surface area contributed by atoms with Crippen LogP contribution < -0.4 is 15.5 Å². The first kappa shape index (κ1) is 38.2. The molecule has 1 aliphatic carbocycles. The standard InChI is InChI=1S/C42H46F2N10O4/c1-24(55)33-18-36-26(15-37(33)47-42(58)38-8-6-29-14-25(19-45)20-46-54(29)38)21-53(49-36)28-4-2-27(3-5-28)50-10-12-51(13-11-50)31-22-52(23-31)30-16-34(43)40(35(44)17-30)32-7-9-39(56)48-41(32)57/h6,8,14-18,20-21,27-28,31-32,39,41,48,56-57H,2-5,7,9-13,22-23H2,1H3,(H,47,58)/t27?,28?,32-,39-,41-/m1/s1. The van der Waals surface area contributed by atoms with E-state index in [1.807, 2.05) is 15.8 Å². The Morgan fingerprint density at radius 2 is 1.59 bits per heavy atom. The van der Waals surface area contributed by atoms with Crippen LogP contribution in [0.5, 0.6) is 0 Å². The highest BCUT2D eigenvalue weighted by atomic mass is 19.1. The number of ketones is 1. The van der Waals surface area contributed by atoms with Crippen molar-refractivity contribution in [2.45, 2.75) is 81.9 Å². The van der Waals surface area contributed by atoms with Gasteiger partial charge in [-0.3, -0.25) is 29.4 Å². The highest BCUT2D eigenvalue weighted by Gasteiger charge is 2.38. The minimum Gasteiger partial charge on any atom is -0.379 e. The molecule has 0 spiro atoms. The molecule has 0 radical (unpaired) electrons. The zero-order valence-corrected chi connectivity index (χ0v) is 32.2. The van der Waals surface area contributed by atoms with Crippen molar-refractivity contribution in [1.82, 2.24) is 34.5 Å². The van der Waals surface area contributed by atoms with Gasteiger partial charge in [-0.25, -0.2) is 13.3 Å². The molecule has 302 valence electrons. The van der Waals surface area contributed by atoms with E-state index >= 15 is 8.78 Å². The molecule has 4 fully saturated rings. The molecule has 0 bridgehead atoms. The normalized spacial score (nSPS) is 24.8. The summed E-state index contributed by atoms with van der Waals surface area (Å²) >= 11 is 0. The van der Waals surface area contributed by atoms with E-state index in [4.69, 9.17) is 5.10 Å². The second-order valence-corrected chi connectivity index (χ2v) is 16.2. The molecule has 4 N–H and O–H groups in total. The maximum Gasteiger partial charge on any atom is 0.274 e. The van der Waals surface area contributed by atoms with Crippen LogP contribution in [0.2, 0.25) is 0 Å². The Hall–Kier alpha value is -5.31. The number of amides is 1. The molecule has 14 nitrogen and oxygen atoms in total. The summed E-state index contributed by atoms with van der Waals surface area (Å²) in [6, 6.07) is 14.4. The zero-order valence-electron chi connectivity index (χ0n) is 32.2. The highest BCUT2D eigenvalue weighted by Crippen LogP contribution is 2.37. The van der Waals surface area contributed by atoms with Crippen LogP contribution in [-0.4, -0.2) is 115 Å². The van der Waals surface area contributed by atoms with Crippen molar-refractivity contribution in [3.63, 3.8) is 0 Å². The average Bonchev–Trinajstić information content (AvgIpc) is 3.82. The van der Waals surface area contributed by atoms with Gasteiger partial charge >= 0.3 is 0 Å². The molecule has 3 atom stereocenters. The quantitative estimate of drug-likeness (QED) is 0.165. The molecular formula is C42H46F2N10O4. The van der Waals surface area contributed by atoms with Gasteiger partial charge in [0.05, 0.1) is 34.5 Å². The molecule has 3 aliphatic heterocycles. The average molecular weight is 793 g/mol. The van der Waals surface area contributed by atoms with Crippen molar-refractivity contribution in [2.24, 2.45) is 0 Å². The van der Waals surface area contributed by atoms with Crippen LogP contribution in [0.4, 0.5) is 20.2 Å². The van der Waals surface area contributed by atoms with E-state index in [1.54, 1.807) is 30.3 Å². The zero-order chi connectivity index (χ0) is 40.2. The van der Waals surface area contributed by atoms with E-state index in [1.165, 1.54) is 29.8 Å². The summed E-state index contributed by atoms with van der Waals surface area (Å²) in [5.41, 5.74) is 3.14. The summed E-state index contributed by atoms with van der Waals surface area (Å²) in [6.07, 6.45) is 5.97. The van der Waals surface area contributed by atoms with Crippen molar-refractivity contribution >= 4 is 39.5 Å². The number of piperidine rings is 1. The molecule has 6 heterocycles. The van der Waals surface area contributed by atoms with Gasteiger partial charge in [-0.2, -0.15) is 15.5 Å². The summed E-state index contributed by atoms with van der Waals surface area (Å²) in [5, 5.41) is 44.6. The molecular weight excluding hydrogens is 747 g/mol. The van der Waals surface area contributed by atoms with Gasteiger partial charge in [0.1, 0.15) is 35.9 Å². The summed E-state index contributed by atoms with van der Waals surface area (Å²) in [6.45, 7) is 6.71. The second kappa shape index (κ2) is 15.5. The van der Waals surface area contributed by atoms with Gasteiger partial charge in [0.25, 0.3) is 5.91 Å². The van der Waals surface area contributed by atoms with Crippen LogP contribution in [0.15, 0.2) is 54.9 Å². The maximum absolute atomic E-state index is 15.2. The first-order valence-electron chi connectivity index (χ1n) is 20.1. The number of hydrogen-bond acceptors (Lipinski definition) is 11. The van der Waals surface area contributed by atoms with Crippen molar-refractivity contribution in [3.05, 3.63) is 88.9 Å². The number of rotatable bonds is 8. The molecule has 1 saturated carbocycles. The number of benzene rings is 2. The molecule has 16 heteroatoms. The van der Waals surface area contributed by atoms with Crippen LogP contribution in [0.1, 0.15) is 89.4 Å². The largest absolute Gasteiger partial charge is 0.379 e. The fraction of sp³-hybridized carbons (Fsp3) is 0.452. The van der Waals surface area contributed by atoms with Crippen molar-refractivity contribution < 1.29 is 28.6 Å². The number of anilines is 2. The maximum atomic E-state index is 15.2. The van der Waals surface area contributed by atoms with Crippen LogP contribution in [-0.2, 0) is 0 Å². The third-order valence-corrected chi connectivity index (χ3v) is 12.7. The molecule has 3 aromatic heterocycles. The number of hydrogen-bond donors (Lipinski definition) is 4. The minimum absolute atomic E-state index is 0.129. The number of Topliss-reactive ketones (excluding diaryl/α,β-unsaturated/α-hetero) is 1. The van der Waals surface area contributed by atoms with Crippen molar-refractivity contribution in [3.8, 4) is 6.07 Å². The monoisotopic (exact) mass is 792 g/mol. The number of fused-ring (bicyclic) bond motifs is 2. The smallest absolute Gasteiger partial charge is 0.274 e. The van der Waals surface area contributed by atoms with Gasteiger partial charge in [-0.15, -0.1) is 0 Å². The number of carbonyl (C=O) groups excluding carboxylic acids is 2. The number of carbonyl (C=O) groups is 2. The van der Waals surface area contributed by atoms with Crippen LogP contribution in [0.3, 0.4) is 0 Å². The van der Waals surface area contributed by atoms with Gasteiger partial charge in [0.15, 0.2) is 5.78 Å². The number of piperazine rings is 1. The lowest BCUT2D eigenvalue weighted by Crippen LogP contribution is -2.64. The Morgan fingerprint density at radius 1 is 0.897 bits per heavy atom. The van der Waals surface area contributed by atoms with Gasteiger partial charge in [0, 0.05) is 85.7 Å². The van der Waals surface area contributed by atoms with E-state index in [0.29, 0.717) is 71.5 Å². The summed E-state index contributed by atoms with van der Waals surface area (Å²) in [5.74, 6) is -2.70. The predicted octanol–water partition coefficient (Wildman–Crippen LogP) is 4.38. The van der Waals surface area contributed by atoms with Crippen LogP contribution in [0, 0.1) is 23.0 Å². The van der Waals surface area contributed by atoms with E-state index in [-0.39, 0.29) is 23.1 Å². The molecule has 0 unspecified atom stereocenters. The molecule has 9 rings (SSSR count). The number of nitrogens with one attached hydrogen (secondary N) is 2. The Labute approximate surface area is 333 Å². The van der Waals surface area contributed by atoms with E-state index in [9.17, 15) is 25.1 Å². The number of aliphatic hydroxyl groups is 2. The third-order valence-electron chi connectivity index (χ3n) is 12.7. The summed E-state index contributed by atoms with van der Waals surface area (Å²) < 4.78 is 33.9. The van der Waals surface area contributed by atoms with E-state index in [2.05, 4.69) is 31.6 Å². The number of nitrogens with zero attached hydrogens (tertiary/aromatic N) is 8. The molecule has 2 aromatic carbocycles. The van der Waals surface area contributed by atoms with Gasteiger partial charge in [-0.1, -0.05) is 0 Å². The highest BCUT2D eigenvalue weighted by molar-refractivity contribution is 6.10. The summed E-state index contributed by atoms with van der Waals surface area (Å²) in [7, 11) is 0. The van der Waals surface area contributed by atoms with Crippen LogP contribution in [0.25, 0.3) is 16.4 Å². The van der Waals surface area contributed by atoms with Crippen LogP contribution >= 0.6 is 0 Å². The predicted molar refractivity (Wildman–Crippen MR) is 212 cm³/mol. The Morgan fingerprint density at radius 3 is 2.26 bits per heavy atom. The van der Waals surface area contributed by atoms with Crippen molar-refractivity contribution in [1.29, 1.82) is 5.26 Å². The van der Waals surface area contributed by atoms with E-state index < -0.39 is 35.9 Å².